The molecule has 1 aliphatic rings. The number of nitro benzene ring substituents is 1. The molecule has 1 saturated heterocycles. The van der Waals surface area contributed by atoms with Crippen LogP contribution in [0.3, 0.4) is 0 Å². The lowest BCUT2D eigenvalue weighted by Crippen LogP contribution is -2.34. The molecule has 0 radical (unpaired) electrons. The van der Waals surface area contributed by atoms with Gasteiger partial charge in [-0.1, -0.05) is 6.07 Å². The van der Waals surface area contributed by atoms with E-state index in [1.807, 2.05) is 0 Å². The molecule has 1 heterocycles. The fourth-order valence-corrected chi connectivity index (χ4v) is 2.27. The van der Waals surface area contributed by atoms with E-state index >= 15 is 0 Å². The quantitative estimate of drug-likeness (QED) is 0.504. The van der Waals surface area contributed by atoms with Crippen LogP contribution in [0.4, 0.5) is 11.4 Å². The number of nitrogens with one attached hydrogen (secondary N) is 2. The van der Waals surface area contributed by atoms with Gasteiger partial charge in [0, 0.05) is 30.5 Å². The first kappa shape index (κ1) is 14.7. The van der Waals surface area contributed by atoms with Crippen molar-refractivity contribution in [2.45, 2.75) is 25.9 Å². The van der Waals surface area contributed by atoms with Gasteiger partial charge in [-0.05, 0) is 38.0 Å². The lowest BCUT2D eigenvalue weighted by atomic mass is 10.2. The first-order valence-electron chi connectivity index (χ1n) is 6.48. The highest BCUT2D eigenvalue weighted by atomic mass is 32.1. The fourth-order valence-electron chi connectivity index (χ4n) is 2.07. The van der Waals surface area contributed by atoms with Crippen molar-refractivity contribution in [3.8, 4) is 0 Å². The van der Waals surface area contributed by atoms with Gasteiger partial charge in [0.2, 0.25) is 0 Å². The molecule has 0 aliphatic carbocycles. The van der Waals surface area contributed by atoms with Crippen molar-refractivity contribution in [1.82, 2.24) is 5.32 Å². The second-order valence-corrected chi connectivity index (χ2v) is 5.14. The van der Waals surface area contributed by atoms with Gasteiger partial charge in [0.05, 0.1) is 11.0 Å². The monoisotopic (exact) mass is 295 g/mol. The molecule has 0 bridgehead atoms. The van der Waals surface area contributed by atoms with Gasteiger partial charge in [-0.2, -0.15) is 0 Å². The van der Waals surface area contributed by atoms with Gasteiger partial charge in [0.15, 0.2) is 5.11 Å². The largest absolute Gasteiger partial charge is 0.376 e. The minimum absolute atomic E-state index is 0.0805. The minimum atomic E-state index is -0.399. The van der Waals surface area contributed by atoms with Crippen LogP contribution in [-0.2, 0) is 4.74 Å². The number of nitro groups is 1. The van der Waals surface area contributed by atoms with E-state index < -0.39 is 4.92 Å². The standard InChI is InChI=1S/C13H17N3O3S/c1-9-4-5-10(7-12(9)16(17)18)15-13(20)14-8-11-3-2-6-19-11/h4-5,7,11H,2-3,6,8H2,1H3,(H2,14,15,20). The Kier molecular flexibility index (Phi) is 4.86. The van der Waals surface area contributed by atoms with Crippen molar-refractivity contribution >= 4 is 28.7 Å². The van der Waals surface area contributed by atoms with Crippen LogP contribution in [0.1, 0.15) is 18.4 Å². The second-order valence-electron chi connectivity index (χ2n) is 4.73. The Morgan fingerprint density at radius 2 is 2.40 bits per heavy atom. The zero-order valence-corrected chi connectivity index (χ0v) is 12.0. The molecule has 2 rings (SSSR count). The highest BCUT2D eigenvalue weighted by Crippen LogP contribution is 2.22. The van der Waals surface area contributed by atoms with E-state index in [4.69, 9.17) is 17.0 Å². The molecule has 20 heavy (non-hydrogen) atoms. The van der Waals surface area contributed by atoms with Crippen molar-refractivity contribution in [2.24, 2.45) is 0 Å². The van der Waals surface area contributed by atoms with Gasteiger partial charge in [0.25, 0.3) is 5.69 Å². The normalized spacial score (nSPS) is 17.8. The number of thiocarbonyl (C=S) groups is 1. The molecule has 1 aromatic carbocycles. The Morgan fingerprint density at radius 1 is 1.60 bits per heavy atom. The summed E-state index contributed by atoms with van der Waals surface area (Å²) >= 11 is 5.16. The third-order valence-corrected chi connectivity index (χ3v) is 3.42. The summed E-state index contributed by atoms with van der Waals surface area (Å²) in [5, 5.41) is 17.3. The smallest absolute Gasteiger partial charge is 0.274 e. The number of hydrogen-bond acceptors (Lipinski definition) is 4. The Labute approximate surface area is 122 Å². The van der Waals surface area contributed by atoms with Gasteiger partial charge >= 0.3 is 0 Å². The average Bonchev–Trinajstić information content (AvgIpc) is 2.91. The number of ether oxygens (including phenoxy) is 1. The molecule has 0 spiro atoms. The van der Waals surface area contributed by atoms with Gasteiger partial charge in [0.1, 0.15) is 0 Å². The Bertz CT molecular complexity index is 516. The summed E-state index contributed by atoms with van der Waals surface area (Å²) in [5.41, 5.74) is 1.31. The van der Waals surface area contributed by atoms with Crippen molar-refractivity contribution in [1.29, 1.82) is 0 Å². The average molecular weight is 295 g/mol. The maximum atomic E-state index is 10.9. The molecule has 1 aromatic rings. The molecule has 2 N–H and O–H groups in total. The molecule has 1 aliphatic heterocycles. The lowest BCUT2D eigenvalue weighted by Gasteiger charge is -2.14. The van der Waals surface area contributed by atoms with Crippen LogP contribution in [0.5, 0.6) is 0 Å². The highest BCUT2D eigenvalue weighted by Gasteiger charge is 2.16. The predicted molar refractivity (Wildman–Crippen MR) is 81.0 cm³/mol. The van der Waals surface area contributed by atoms with Crippen molar-refractivity contribution in [3.05, 3.63) is 33.9 Å². The van der Waals surface area contributed by atoms with E-state index in [1.165, 1.54) is 6.07 Å². The summed E-state index contributed by atoms with van der Waals surface area (Å²) < 4.78 is 5.48. The topological polar surface area (TPSA) is 76.4 Å². The Hall–Kier alpha value is -1.73. The summed E-state index contributed by atoms with van der Waals surface area (Å²) in [5.74, 6) is 0. The molecule has 7 heteroatoms. The third-order valence-electron chi connectivity index (χ3n) is 3.18. The van der Waals surface area contributed by atoms with Gasteiger partial charge in [-0.15, -0.1) is 0 Å². The minimum Gasteiger partial charge on any atom is -0.376 e. The number of nitrogens with zero attached hydrogens (tertiary/aromatic N) is 1. The van der Waals surface area contributed by atoms with Crippen LogP contribution in [0.2, 0.25) is 0 Å². The molecule has 1 atom stereocenters. The summed E-state index contributed by atoms with van der Waals surface area (Å²) in [7, 11) is 0. The van der Waals surface area contributed by atoms with Gasteiger partial charge in [-0.3, -0.25) is 10.1 Å². The molecule has 0 amide bonds. The van der Waals surface area contributed by atoms with E-state index in [0.717, 1.165) is 19.4 Å². The first-order chi connectivity index (χ1) is 9.56. The van der Waals surface area contributed by atoms with Crippen molar-refractivity contribution in [2.75, 3.05) is 18.5 Å². The van der Waals surface area contributed by atoms with Crippen LogP contribution in [-0.4, -0.2) is 29.3 Å². The summed E-state index contributed by atoms with van der Waals surface area (Å²) in [6.07, 6.45) is 2.31. The Morgan fingerprint density at radius 3 is 3.05 bits per heavy atom. The van der Waals surface area contributed by atoms with E-state index in [9.17, 15) is 10.1 Å². The number of aryl methyl sites for hydroxylation is 1. The number of anilines is 1. The molecular formula is C13H17N3O3S. The molecule has 0 aromatic heterocycles. The maximum Gasteiger partial charge on any atom is 0.274 e. The lowest BCUT2D eigenvalue weighted by molar-refractivity contribution is -0.385. The van der Waals surface area contributed by atoms with Gasteiger partial charge < -0.3 is 15.4 Å². The van der Waals surface area contributed by atoms with E-state index in [0.29, 0.717) is 22.9 Å². The summed E-state index contributed by atoms with van der Waals surface area (Å²) in [6.45, 7) is 3.16. The van der Waals surface area contributed by atoms with Crippen LogP contribution >= 0.6 is 12.2 Å². The maximum absolute atomic E-state index is 10.9. The zero-order valence-electron chi connectivity index (χ0n) is 11.2. The van der Waals surface area contributed by atoms with Crippen molar-refractivity contribution < 1.29 is 9.66 Å². The number of benzene rings is 1. The van der Waals surface area contributed by atoms with Crippen LogP contribution in [0.15, 0.2) is 18.2 Å². The van der Waals surface area contributed by atoms with Crippen molar-refractivity contribution in [3.63, 3.8) is 0 Å². The summed E-state index contributed by atoms with van der Waals surface area (Å²) in [6, 6.07) is 4.95. The fraction of sp³-hybridized carbons (Fsp3) is 0.462. The van der Waals surface area contributed by atoms with E-state index in [2.05, 4.69) is 10.6 Å². The molecule has 0 saturated carbocycles. The van der Waals surface area contributed by atoms with Crippen LogP contribution < -0.4 is 10.6 Å². The van der Waals surface area contributed by atoms with Crippen LogP contribution in [0.25, 0.3) is 0 Å². The number of rotatable bonds is 4. The molecule has 108 valence electrons. The third kappa shape index (κ3) is 3.88. The number of hydrogen-bond donors (Lipinski definition) is 2. The first-order valence-corrected chi connectivity index (χ1v) is 6.88. The van der Waals surface area contributed by atoms with Gasteiger partial charge in [-0.25, -0.2) is 0 Å². The Balaban J connectivity index is 1.90. The predicted octanol–water partition coefficient (Wildman–Crippen LogP) is 2.37. The molecule has 1 fully saturated rings. The van der Waals surface area contributed by atoms with Crippen LogP contribution in [0, 0.1) is 17.0 Å². The molecule has 1 unspecified atom stereocenters. The SMILES string of the molecule is Cc1ccc(NC(=S)NCC2CCCO2)cc1[N+](=O)[O-]. The zero-order chi connectivity index (χ0) is 14.5. The molecular weight excluding hydrogens is 278 g/mol. The second kappa shape index (κ2) is 6.62. The van der Waals surface area contributed by atoms with E-state index in [-0.39, 0.29) is 11.8 Å². The summed E-state index contributed by atoms with van der Waals surface area (Å²) in [4.78, 5) is 10.5. The molecule has 6 nitrogen and oxygen atoms in total. The highest BCUT2D eigenvalue weighted by molar-refractivity contribution is 7.80. The van der Waals surface area contributed by atoms with E-state index in [1.54, 1.807) is 19.1 Å².